The molecule has 0 N–H and O–H groups in total. The molecule has 0 unspecified atom stereocenters. The molecule has 1 nitrogen and oxygen atoms in total. The zero-order chi connectivity index (χ0) is 10.1. The Morgan fingerprint density at radius 2 is 2.08 bits per heavy atom. The average Bonchev–Trinajstić information content (AvgIpc) is 2.14. The molecule has 0 rings (SSSR count). The smallest absolute Gasteiger partial charge is 0.145 e. The Labute approximate surface area is 82.2 Å². The summed E-state index contributed by atoms with van der Waals surface area (Å²) in [7, 11) is 0. The van der Waals surface area contributed by atoms with E-state index in [-0.39, 0.29) is 0 Å². The molecule has 0 bridgehead atoms. The van der Waals surface area contributed by atoms with E-state index in [0.717, 1.165) is 24.2 Å². The topological polar surface area (TPSA) is 17.1 Å². The van der Waals surface area contributed by atoms with Crippen LogP contribution in [0.3, 0.4) is 0 Å². The maximum atomic E-state index is 10.3. The normalized spacial score (nSPS) is 14.2. The maximum absolute atomic E-state index is 10.3. The van der Waals surface area contributed by atoms with Crippen molar-refractivity contribution in [2.45, 2.75) is 52.9 Å². The molecule has 0 aliphatic rings. The summed E-state index contributed by atoms with van der Waals surface area (Å²) in [5, 5.41) is 0. The summed E-state index contributed by atoms with van der Waals surface area (Å²) >= 11 is 0. The van der Waals surface area contributed by atoms with Crippen LogP contribution in [0.1, 0.15) is 52.9 Å². The summed E-state index contributed by atoms with van der Waals surface area (Å²) in [6, 6.07) is 0. The fourth-order valence-electron chi connectivity index (χ4n) is 1.34. The Balaban J connectivity index is 3.46. The van der Waals surface area contributed by atoms with Gasteiger partial charge in [-0.1, -0.05) is 39.2 Å². The van der Waals surface area contributed by atoms with Crippen molar-refractivity contribution >= 4 is 6.29 Å². The lowest BCUT2D eigenvalue weighted by atomic mass is 9.98. The molecule has 0 fully saturated rings. The van der Waals surface area contributed by atoms with E-state index >= 15 is 0 Å². The quantitative estimate of drug-likeness (QED) is 0.433. The minimum atomic E-state index is 0.802. The molecule has 0 aromatic heterocycles. The van der Waals surface area contributed by atoms with Crippen LogP contribution < -0.4 is 0 Å². The molecule has 0 amide bonds. The Morgan fingerprint density at radius 3 is 2.62 bits per heavy atom. The lowest BCUT2D eigenvalue weighted by molar-refractivity contribution is -0.104. The van der Waals surface area contributed by atoms with Crippen molar-refractivity contribution in [3.8, 4) is 0 Å². The fourth-order valence-corrected chi connectivity index (χ4v) is 1.34. The van der Waals surface area contributed by atoms with Crippen LogP contribution in [-0.4, -0.2) is 6.29 Å². The van der Waals surface area contributed by atoms with E-state index in [1.54, 1.807) is 0 Å². The van der Waals surface area contributed by atoms with Gasteiger partial charge in [-0.05, 0) is 31.3 Å². The first-order valence-electron chi connectivity index (χ1n) is 5.32. The lowest BCUT2D eigenvalue weighted by Crippen LogP contribution is -1.93. The van der Waals surface area contributed by atoms with E-state index in [9.17, 15) is 4.79 Å². The van der Waals surface area contributed by atoms with Crippen LogP contribution in [0.15, 0.2) is 11.6 Å². The molecule has 0 heterocycles. The number of aldehydes is 1. The molecule has 0 aliphatic carbocycles. The van der Waals surface area contributed by atoms with Gasteiger partial charge in [0, 0.05) is 0 Å². The second-order valence-corrected chi connectivity index (χ2v) is 3.89. The van der Waals surface area contributed by atoms with Gasteiger partial charge >= 0.3 is 0 Å². The molecule has 0 aliphatic heterocycles. The van der Waals surface area contributed by atoms with Gasteiger partial charge in [-0.15, -0.1) is 0 Å². The molecule has 0 aromatic carbocycles. The number of rotatable bonds is 7. The highest BCUT2D eigenvalue weighted by Gasteiger charge is 1.99. The molecule has 13 heavy (non-hydrogen) atoms. The fraction of sp³-hybridized carbons (Fsp3) is 0.750. The van der Waals surface area contributed by atoms with E-state index in [1.165, 1.54) is 25.7 Å². The molecule has 76 valence electrons. The van der Waals surface area contributed by atoms with Crippen LogP contribution in [0.25, 0.3) is 0 Å². The van der Waals surface area contributed by atoms with Gasteiger partial charge in [-0.2, -0.15) is 0 Å². The summed E-state index contributed by atoms with van der Waals surface area (Å²) < 4.78 is 0. The molecule has 0 aromatic rings. The van der Waals surface area contributed by atoms with E-state index < -0.39 is 0 Å². The summed E-state index contributed by atoms with van der Waals surface area (Å²) in [4.78, 5) is 10.3. The van der Waals surface area contributed by atoms with Gasteiger partial charge in [0.1, 0.15) is 6.29 Å². The monoisotopic (exact) mass is 182 g/mol. The Bertz CT molecular complexity index is 159. The van der Waals surface area contributed by atoms with Gasteiger partial charge in [-0.3, -0.25) is 4.79 Å². The standard InChI is InChI=1S/C12H22O/c1-4-5-7-11(2)8-6-9-12(3)10-13/h9-11H,4-8H2,1-3H3/b12-9+/t11-/m0/s1. The number of allylic oxidation sites excluding steroid dienone is 2. The van der Waals surface area contributed by atoms with Crippen molar-refractivity contribution in [3.63, 3.8) is 0 Å². The predicted molar refractivity (Wildman–Crippen MR) is 57.7 cm³/mol. The van der Waals surface area contributed by atoms with Gasteiger partial charge in [-0.25, -0.2) is 0 Å². The van der Waals surface area contributed by atoms with Gasteiger partial charge in [0.2, 0.25) is 0 Å². The van der Waals surface area contributed by atoms with Crippen LogP contribution >= 0.6 is 0 Å². The molecule has 1 heteroatoms. The van der Waals surface area contributed by atoms with Gasteiger partial charge in [0.25, 0.3) is 0 Å². The largest absolute Gasteiger partial charge is 0.298 e. The average molecular weight is 182 g/mol. The Hall–Kier alpha value is -0.590. The van der Waals surface area contributed by atoms with Gasteiger partial charge in [0.05, 0.1) is 0 Å². The Kier molecular flexibility index (Phi) is 7.66. The zero-order valence-electron chi connectivity index (χ0n) is 9.18. The van der Waals surface area contributed by atoms with Crippen molar-refractivity contribution < 1.29 is 4.79 Å². The first-order valence-corrected chi connectivity index (χ1v) is 5.32. The highest BCUT2D eigenvalue weighted by molar-refractivity contribution is 5.71. The van der Waals surface area contributed by atoms with Crippen LogP contribution in [0.5, 0.6) is 0 Å². The van der Waals surface area contributed by atoms with E-state index in [4.69, 9.17) is 0 Å². The minimum Gasteiger partial charge on any atom is -0.298 e. The van der Waals surface area contributed by atoms with Crippen LogP contribution in [0.2, 0.25) is 0 Å². The molecule has 0 saturated carbocycles. The van der Waals surface area contributed by atoms with Crippen molar-refractivity contribution in [2.75, 3.05) is 0 Å². The number of carbonyl (C=O) groups excluding carboxylic acids is 1. The second-order valence-electron chi connectivity index (χ2n) is 3.89. The predicted octanol–water partition coefficient (Wildman–Crippen LogP) is 3.74. The number of carbonyl (C=O) groups is 1. The summed E-state index contributed by atoms with van der Waals surface area (Å²) in [6.07, 6.45) is 9.17. The van der Waals surface area contributed by atoms with E-state index in [0.29, 0.717) is 0 Å². The highest BCUT2D eigenvalue weighted by atomic mass is 16.1. The molecule has 1 atom stereocenters. The lowest BCUT2D eigenvalue weighted by Gasteiger charge is -2.08. The summed E-state index contributed by atoms with van der Waals surface area (Å²) in [5.41, 5.74) is 0.864. The van der Waals surface area contributed by atoms with Gasteiger partial charge < -0.3 is 0 Å². The van der Waals surface area contributed by atoms with Crippen LogP contribution in [0.4, 0.5) is 0 Å². The van der Waals surface area contributed by atoms with E-state index in [2.05, 4.69) is 13.8 Å². The third-order valence-corrected chi connectivity index (χ3v) is 2.36. The number of hydrogen-bond donors (Lipinski definition) is 0. The first kappa shape index (κ1) is 12.4. The molecule has 0 radical (unpaired) electrons. The Morgan fingerprint density at radius 1 is 1.38 bits per heavy atom. The van der Waals surface area contributed by atoms with Crippen molar-refractivity contribution in [1.29, 1.82) is 0 Å². The van der Waals surface area contributed by atoms with Crippen LogP contribution in [0, 0.1) is 5.92 Å². The number of unbranched alkanes of at least 4 members (excludes halogenated alkanes) is 1. The van der Waals surface area contributed by atoms with Crippen LogP contribution in [-0.2, 0) is 4.79 Å². The SMILES string of the molecule is CCCC[C@H](C)CC/C=C(\C)C=O. The maximum Gasteiger partial charge on any atom is 0.145 e. The molecule has 0 spiro atoms. The molecular weight excluding hydrogens is 160 g/mol. The third-order valence-electron chi connectivity index (χ3n) is 2.36. The van der Waals surface area contributed by atoms with Crippen molar-refractivity contribution in [3.05, 3.63) is 11.6 Å². The molecular formula is C12H22O. The molecule has 0 saturated heterocycles. The number of hydrogen-bond acceptors (Lipinski definition) is 1. The zero-order valence-corrected chi connectivity index (χ0v) is 9.18. The van der Waals surface area contributed by atoms with Crippen molar-refractivity contribution in [1.82, 2.24) is 0 Å². The summed E-state index contributed by atoms with van der Waals surface area (Å²) in [6.45, 7) is 6.38. The van der Waals surface area contributed by atoms with Crippen molar-refractivity contribution in [2.24, 2.45) is 5.92 Å². The highest BCUT2D eigenvalue weighted by Crippen LogP contribution is 2.14. The third kappa shape index (κ3) is 7.76. The van der Waals surface area contributed by atoms with E-state index in [1.807, 2.05) is 13.0 Å². The minimum absolute atomic E-state index is 0.802. The summed E-state index contributed by atoms with van der Waals surface area (Å²) in [5.74, 6) is 0.802. The second kappa shape index (κ2) is 8.03. The van der Waals surface area contributed by atoms with Gasteiger partial charge in [0.15, 0.2) is 0 Å². The first-order chi connectivity index (χ1) is 6.20.